The SMILES string of the molecule is CC(C)(C)c1ccc2c(c1)C1=NC2=Nc2nnc([nH]2)N=c2[nH]c(c3ccc(C(C)(C)C)cc23)=NC2=NC(=Nc3nnc([nH]3)N=c3[nH]c(c4ccc(C(C)(C)C)cc34)=N1)c1ccc(C(C)(C)C)cc12. The first-order valence-electron chi connectivity index (χ1n) is 22.8. The molecule has 0 amide bonds. The van der Waals surface area contributed by atoms with Crippen molar-refractivity contribution in [2.75, 3.05) is 0 Å². The Labute approximate surface area is 391 Å². The topological polar surface area (TPSA) is 214 Å². The summed E-state index contributed by atoms with van der Waals surface area (Å²) in [7, 11) is 0. The lowest BCUT2D eigenvalue weighted by Crippen LogP contribution is -2.15. The third-order valence-electron chi connectivity index (χ3n) is 12.6. The zero-order chi connectivity index (χ0) is 47.7. The van der Waals surface area contributed by atoms with Gasteiger partial charge in [-0.1, -0.05) is 132 Å². The van der Waals surface area contributed by atoms with Gasteiger partial charge >= 0.3 is 0 Å². The van der Waals surface area contributed by atoms with Gasteiger partial charge < -0.3 is 9.97 Å². The highest BCUT2D eigenvalue weighted by atomic mass is 15.3. The van der Waals surface area contributed by atoms with Crippen LogP contribution in [0.1, 0.15) is 128 Å². The minimum Gasteiger partial charge on any atom is -0.324 e. The van der Waals surface area contributed by atoms with Crippen molar-refractivity contribution in [2.24, 2.45) is 39.9 Å². The van der Waals surface area contributed by atoms with E-state index in [0.717, 1.165) is 66.1 Å². The quantitative estimate of drug-likeness (QED) is 0.118. The summed E-state index contributed by atoms with van der Waals surface area (Å²) in [5.41, 5.74) is 9.59. The number of hydrogen-bond donors (Lipinski definition) is 4. The molecule has 0 spiro atoms. The Morgan fingerprint density at radius 1 is 0.279 bits per heavy atom. The molecule has 340 valence electrons. The number of fused-ring (bicyclic) bond motifs is 22. The molecule has 0 aliphatic carbocycles. The van der Waals surface area contributed by atoms with Crippen LogP contribution in [0.3, 0.4) is 0 Å². The monoisotopic (exact) mass is 900 g/mol. The van der Waals surface area contributed by atoms with E-state index in [4.69, 9.17) is 39.9 Å². The van der Waals surface area contributed by atoms with Crippen LogP contribution in [0, 0.1) is 0 Å². The summed E-state index contributed by atoms with van der Waals surface area (Å²) in [6.45, 7) is 26.2. The van der Waals surface area contributed by atoms with Crippen molar-refractivity contribution in [1.82, 2.24) is 40.3 Å². The highest BCUT2D eigenvalue weighted by Crippen LogP contribution is 2.32. The number of aliphatic imine (C=N–C) groups is 4. The molecule has 0 saturated heterocycles. The van der Waals surface area contributed by atoms with E-state index in [9.17, 15) is 0 Å². The summed E-state index contributed by atoms with van der Waals surface area (Å²) < 4.78 is 0. The first kappa shape index (κ1) is 42.7. The van der Waals surface area contributed by atoms with E-state index in [1.165, 1.54) is 0 Å². The molecular weight excluding hydrogens is 849 g/mol. The van der Waals surface area contributed by atoms with Crippen LogP contribution in [0.15, 0.2) is 113 Å². The van der Waals surface area contributed by atoms with Gasteiger partial charge in [-0.05, 0) is 68.2 Å². The lowest BCUT2D eigenvalue weighted by molar-refractivity contribution is 0.590. The first-order valence-corrected chi connectivity index (χ1v) is 22.8. The second-order valence-electron chi connectivity index (χ2n) is 21.8. The summed E-state index contributed by atoms with van der Waals surface area (Å²) >= 11 is 0. The lowest BCUT2D eigenvalue weighted by Gasteiger charge is -2.19. The van der Waals surface area contributed by atoms with Gasteiger partial charge in [0, 0.05) is 43.8 Å². The summed E-state index contributed by atoms with van der Waals surface area (Å²) in [4.78, 5) is 53.8. The Hall–Kier alpha value is -7.88. The van der Waals surface area contributed by atoms with Crippen molar-refractivity contribution in [3.63, 3.8) is 0 Å². The van der Waals surface area contributed by atoms with E-state index in [-0.39, 0.29) is 45.5 Å². The standard InChI is InChI=1S/C52H52N16/c1-49(2,3)25-15-19-31-33(21-25)41-53-37-29-17-13-27(51(7,8)9)23-35(29)43(55-37)61-48-64-46(66-68-48)60-40-32-20-16-26(50(4,5)6)22-34(32)42(58-40)54-38-30-18-14-28(52(10,11)12)24-36(30)44(56-38)62-47-63-45(65-67-47)59-39(31)57-41/h13-24H,1-12H3,(H4,53,54,55,56,57,58,59,60,61,62,63,64,65,66,67,68). The van der Waals surface area contributed by atoms with E-state index >= 15 is 0 Å². The van der Waals surface area contributed by atoms with Crippen molar-refractivity contribution >= 4 is 68.7 Å². The zero-order valence-electron chi connectivity index (χ0n) is 40.3. The van der Waals surface area contributed by atoms with Crippen molar-refractivity contribution in [1.29, 1.82) is 0 Å². The molecule has 3 aliphatic rings. The van der Waals surface area contributed by atoms with Crippen LogP contribution in [-0.2, 0) is 21.7 Å². The smallest absolute Gasteiger partial charge is 0.251 e. The molecule has 11 rings (SSSR count). The Bertz CT molecular complexity index is 3580. The van der Waals surface area contributed by atoms with E-state index in [1.54, 1.807) is 0 Å². The number of amidine groups is 4. The molecule has 4 aromatic heterocycles. The summed E-state index contributed by atoms with van der Waals surface area (Å²) in [6, 6.07) is 25.3. The van der Waals surface area contributed by atoms with Crippen LogP contribution in [0.5, 0.6) is 0 Å². The number of rotatable bonds is 0. The van der Waals surface area contributed by atoms with Crippen molar-refractivity contribution < 1.29 is 0 Å². The molecule has 68 heavy (non-hydrogen) atoms. The molecule has 0 atom stereocenters. The van der Waals surface area contributed by atoms with Gasteiger partial charge in [0.15, 0.2) is 23.3 Å². The summed E-state index contributed by atoms with van der Waals surface area (Å²) in [6.07, 6.45) is 0. The predicted octanol–water partition coefficient (Wildman–Crippen LogP) is 8.61. The molecule has 0 saturated carbocycles. The highest BCUT2D eigenvalue weighted by molar-refractivity contribution is 6.24. The van der Waals surface area contributed by atoms with Gasteiger partial charge in [-0.3, -0.25) is 9.97 Å². The fraction of sp³-hybridized carbons (Fsp3) is 0.308. The molecule has 4 N–H and O–H groups in total. The van der Waals surface area contributed by atoms with Crippen LogP contribution in [0.4, 0.5) is 23.8 Å². The molecule has 0 radical (unpaired) electrons. The van der Waals surface area contributed by atoms with E-state index in [1.807, 2.05) is 12.1 Å². The number of nitrogens with one attached hydrogen (secondary N) is 4. The van der Waals surface area contributed by atoms with Crippen molar-refractivity contribution in [3.8, 4) is 0 Å². The third-order valence-corrected chi connectivity index (χ3v) is 12.6. The fourth-order valence-electron chi connectivity index (χ4n) is 8.55. The van der Waals surface area contributed by atoms with Crippen LogP contribution >= 0.6 is 0 Å². The van der Waals surface area contributed by atoms with Crippen LogP contribution in [0.25, 0.3) is 21.5 Å². The largest absolute Gasteiger partial charge is 0.324 e. The average molecular weight is 901 g/mol. The molecule has 7 heterocycles. The normalized spacial score (nSPS) is 15.0. The third kappa shape index (κ3) is 7.58. The number of benzene rings is 4. The maximum atomic E-state index is 5.23. The minimum atomic E-state index is -0.135. The second-order valence-corrected chi connectivity index (χ2v) is 21.8. The lowest BCUT2D eigenvalue weighted by atomic mass is 9.85. The molecule has 0 fully saturated rings. The second kappa shape index (κ2) is 14.8. The van der Waals surface area contributed by atoms with Crippen molar-refractivity contribution in [2.45, 2.75) is 105 Å². The summed E-state index contributed by atoms with van der Waals surface area (Å²) in [5.74, 6) is 2.86. The molecule has 16 nitrogen and oxygen atoms in total. The van der Waals surface area contributed by atoms with Gasteiger partial charge in [-0.15, -0.1) is 20.4 Å². The molecule has 8 aromatic rings. The van der Waals surface area contributed by atoms with Gasteiger partial charge in [0.1, 0.15) is 22.0 Å². The summed E-state index contributed by atoms with van der Waals surface area (Å²) in [5, 5.41) is 21.2. The number of hydrogen-bond acceptors (Lipinski definition) is 12. The van der Waals surface area contributed by atoms with E-state index < -0.39 is 0 Å². The molecule has 12 bridgehead atoms. The molecule has 4 aromatic carbocycles. The molecular formula is C52H52N16. The van der Waals surface area contributed by atoms with Gasteiger partial charge in [0.25, 0.3) is 23.8 Å². The number of nitrogens with zero attached hydrogens (tertiary/aromatic N) is 12. The van der Waals surface area contributed by atoms with Gasteiger partial charge in [-0.25, -0.2) is 20.0 Å². The Kier molecular flexibility index (Phi) is 9.31. The maximum absolute atomic E-state index is 5.23. The van der Waals surface area contributed by atoms with Gasteiger partial charge in [-0.2, -0.15) is 20.0 Å². The van der Waals surface area contributed by atoms with E-state index in [0.29, 0.717) is 45.3 Å². The van der Waals surface area contributed by atoms with Crippen LogP contribution in [-0.4, -0.2) is 63.7 Å². The van der Waals surface area contributed by atoms with Gasteiger partial charge in [0.05, 0.1) is 0 Å². The minimum absolute atomic E-state index is 0.130. The van der Waals surface area contributed by atoms with Gasteiger partial charge in [0.2, 0.25) is 0 Å². The fourth-order valence-corrected chi connectivity index (χ4v) is 8.55. The molecule has 0 unspecified atom stereocenters. The highest BCUT2D eigenvalue weighted by Gasteiger charge is 2.28. The average Bonchev–Trinajstić information content (AvgIpc) is 4.14. The van der Waals surface area contributed by atoms with Crippen molar-refractivity contribution in [3.05, 3.63) is 139 Å². The van der Waals surface area contributed by atoms with Crippen LogP contribution in [0.2, 0.25) is 0 Å². The molecule has 3 aliphatic heterocycles. The Morgan fingerprint density at radius 2 is 0.588 bits per heavy atom. The number of H-pyrrole nitrogens is 4. The van der Waals surface area contributed by atoms with E-state index in [2.05, 4.69) is 184 Å². The predicted molar refractivity (Wildman–Crippen MR) is 266 cm³/mol. The molecule has 16 heteroatoms. The number of aromatic amines is 4. The number of aromatic nitrogens is 8. The Balaban J connectivity index is 1.19. The maximum Gasteiger partial charge on any atom is 0.251 e. The first-order chi connectivity index (χ1) is 32.1. The zero-order valence-corrected chi connectivity index (χ0v) is 40.3. The van der Waals surface area contributed by atoms with Crippen LogP contribution < -0.4 is 22.0 Å². The Morgan fingerprint density at radius 3 is 0.956 bits per heavy atom.